The van der Waals surface area contributed by atoms with Gasteiger partial charge in [0.15, 0.2) is 0 Å². The third-order valence-electron chi connectivity index (χ3n) is 2.77. The Kier molecular flexibility index (Phi) is 3.51. The fourth-order valence-corrected chi connectivity index (χ4v) is 1.74. The first-order chi connectivity index (χ1) is 8.97. The number of aryl methyl sites for hydroxylation is 2. The molecule has 4 heteroatoms. The zero-order valence-corrected chi connectivity index (χ0v) is 10.7. The zero-order chi connectivity index (χ0) is 14.0. The van der Waals surface area contributed by atoms with E-state index in [-0.39, 0.29) is 17.0 Å². The summed E-state index contributed by atoms with van der Waals surface area (Å²) in [6.45, 7) is 3.57. The molecule has 2 N–H and O–H groups in total. The van der Waals surface area contributed by atoms with Gasteiger partial charge < -0.3 is 10.4 Å². The molecule has 0 atom stereocenters. The molecule has 0 aliphatic rings. The number of benzene rings is 2. The van der Waals surface area contributed by atoms with E-state index in [0.717, 1.165) is 11.1 Å². The third-order valence-corrected chi connectivity index (χ3v) is 2.77. The van der Waals surface area contributed by atoms with Gasteiger partial charge in [0.1, 0.15) is 11.6 Å². The maximum Gasteiger partial charge on any atom is 0.258 e. The lowest BCUT2D eigenvalue weighted by atomic mass is 10.1. The monoisotopic (exact) mass is 259 g/mol. The summed E-state index contributed by atoms with van der Waals surface area (Å²) in [4.78, 5) is 11.9. The van der Waals surface area contributed by atoms with Crippen molar-refractivity contribution < 1.29 is 14.3 Å². The minimum absolute atomic E-state index is 0.0409. The molecule has 0 bridgehead atoms. The predicted octanol–water partition coefficient (Wildman–Crippen LogP) is 3.40. The summed E-state index contributed by atoms with van der Waals surface area (Å²) in [6, 6.07) is 9.23. The summed E-state index contributed by atoms with van der Waals surface area (Å²) in [5.41, 5.74) is 1.82. The summed E-state index contributed by atoms with van der Waals surface area (Å²) < 4.78 is 13.6. The highest BCUT2D eigenvalue weighted by Gasteiger charge is 2.13. The number of phenols is 1. The average Bonchev–Trinajstić information content (AvgIpc) is 2.32. The number of amides is 1. The van der Waals surface area contributed by atoms with Crippen molar-refractivity contribution in [3.8, 4) is 5.75 Å². The van der Waals surface area contributed by atoms with Crippen molar-refractivity contribution in [2.24, 2.45) is 0 Å². The highest BCUT2D eigenvalue weighted by molar-refractivity contribution is 6.05. The van der Waals surface area contributed by atoms with Crippen LogP contribution in [0.4, 0.5) is 10.1 Å². The second kappa shape index (κ2) is 5.10. The van der Waals surface area contributed by atoms with E-state index in [0.29, 0.717) is 0 Å². The zero-order valence-electron chi connectivity index (χ0n) is 10.7. The van der Waals surface area contributed by atoms with Crippen molar-refractivity contribution in [1.29, 1.82) is 0 Å². The second-order valence-electron chi connectivity index (χ2n) is 4.46. The molecule has 2 aromatic carbocycles. The molecule has 98 valence electrons. The number of hydrogen-bond donors (Lipinski definition) is 2. The fraction of sp³-hybridized carbons (Fsp3) is 0.133. The first-order valence-corrected chi connectivity index (χ1v) is 5.84. The van der Waals surface area contributed by atoms with Crippen LogP contribution in [0.15, 0.2) is 36.4 Å². The summed E-state index contributed by atoms with van der Waals surface area (Å²) in [6.07, 6.45) is 0. The molecule has 0 saturated heterocycles. The molecule has 0 spiro atoms. The van der Waals surface area contributed by atoms with Crippen LogP contribution in [0.5, 0.6) is 5.75 Å². The maximum absolute atomic E-state index is 13.6. The van der Waals surface area contributed by atoms with Gasteiger partial charge in [-0.05, 0) is 49.2 Å². The minimum Gasteiger partial charge on any atom is -0.506 e. The first kappa shape index (κ1) is 13.1. The molecule has 0 aromatic heterocycles. The van der Waals surface area contributed by atoms with Crippen molar-refractivity contribution in [2.75, 3.05) is 5.32 Å². The Morgan fingerprint density at radius 2 is 1.74 bits per heavy atom. The molecule has 0 saturated carbocycles. The van der Waals surface area contributed by atoms with Crippen LogP contribution in [0.1, 0.15) is 21.5 Å². The number of aromatic hydroxyl groups is 1. The van der Waals surface area contributed by atoms with Crippen LogP contribution in [-0.4, -0.2) is 11.0 Å². The van der Waals surface area contributed by atoms with Crippen molar-refractivity contribution in [2.45, 2.75) is 13.8 Å². The highest BCUT2D eigenvalue weighted by atomic mass is 19.1. The van der Waals surface area contributed by atoms with E-state index in [9.17, 15) is 14.3 Å². The molecule has 0 heterocycles. The largest absolute Gasteiger partial charge is 0.506 e. The lowest BCUT2D eigenvalue weighted by Crippen LogP contribution is -2.14. The van der Waals surface area contributed by atoms with Gasteiger partial charge in [0.05, 0.1) is 11.3 Å². The molecule has 0 aliphatic heterocycles. The molecule has 0 unspecified atom stereocenters. The van der Waals surface area contributed by atoms with E-state index in [1.807, 2.05) is 6.92 Å². The summed E-state index contributed by atoms with van der Waals surface area (Å²) in [7, 11) is 0. The molecule has 1 amide bonds. The Morgan fingerprint density at radius 1 is 1.11 bits per heavy atom. The topological polar surface area (TPSA) is 49.3 Å². The van der Waals surface area contributed by atoms with Gasteiger partial charge in [-0.15, -0.1) is 0 Å². The molecule has 19 heavy (non-hydrogen) atoms. The Morgan fingerprint density at radius 3 is 2.37 bits per heavy atom. The van der Waals surface area contributed by atoms with Gasteiger partial charge in [0.2, 0.25) is 0 Å². The predicted molar refractivity (Wildman–Crippen MR) is 71.9 cm³/mol. The van der Waals surface area contributed by atoms with Crippen LogP contribution in [0.25, 0.3) is 0 Å². The quantitative estimate of drug-likeness (QED) is 0.812. The number of carbonyl (C=O) groups is 1. The van der Waals surface area contributed by atoms with E-state index < -0.39 is 11.7 Å². The van der Waals surface area contributed by atoms with E-state index in [1.54, 1.807) is 25.1 Å². The van der Waals surface area contributed by atoms with Gasteiger partial charge in [-0.25, -0.2) is 4.39 Å². The number of carbonyl (C=O) groups excluding carboxylic acids is 1. The van der Waals surface area contributed by atoms with Gasteiger partial charge in [0, 0.05) is 0 Å². The van der Waals surface area contributed by atoms with Crippen molar-refractivity contribution in [1.82, 2.24) is 0 Å². The summed E-state index contributed by atoms with van der Waals surface area (Å²) >= 11 is 0. The fourth-order valence-electron chi connectivity index (χ4n) is 1.74. The van der Waals surface area contributed by atoms with Crippen molar-refractivity contribution >= 4 is 11.6 Å². The number of rotatable bonds is 2. The Bertz CT molecular complexity index is 638. The second-order valence-corrected chi connectivity index (χ2v) is 4.46. The van der Waals surface area contributed by atoms with Crippen LogP contribution in [0.3, 0.4) is 0 Å². The first-order valence-electron chi connectivity index (χ1n) is 5.84. The summed E-state index contributed by atoms with van der Waals surface area (Å²) in [5.74, 6) is -1.21. The van der Waals surface area contributed by atoms with Crippen LogP contribution in [-0.2, 0) is 0 Å². The van der Waals surface area contributed by atoms with Gasteiger partial charge in [0.25, 0.3) is 5.91 Å². The van der Waals surface area contributed by atoms with E-state index in [4.69, 9.17) is 0 Å². The maximum atomic E-state index is 13.6. The molecular formula is C15H14FNO2. The molecule has 0 radical (unpaired) electrons. The van der Waals surface area contributed by atoms with E-state index in [1.165, 1.54) is 18.2 Å². The number of nitrogens with one attached hydrogen (secondary N) is 1. The van der Waals surface area contributed by atoms with Crippen molar-refractivity contribution in [3.63, 3.8) is 0 Å². The Labute approximate surface area is 110 Å². The normalized spacial score (nSPS) is 10.3. The number of halogens is 1. The van der Waals surface area contributed by atoms with Gasteiger partial charge in [-0.1, -0.05) is 12.1 Å². The number of hydrogen-bond acceptors (Lipinski definition) is 2. The summed E-state index contributed by atoms with van der Waals surface area (Å²) in [5, 5.41) is 12.2. The van der Waals surface area contributed by atoms with Crippen LogP contribution >= 0.6 is 0 Å². The smallest absolute Gasteiger partial charge is 0.258 e. The molecular weight excluding hydrogens is 245 g/mol. The van der Waals surface area contributed by atoms with Crippen molar-refractivity contribution in [3.05, 3.63) is 58.9 Å². The highest BCUT2D eigenvalue weighted by Crippen LogP contribution is 2.24. The van der Waals surface area contributed by atoms with Gasteiger partial charge in [-0.2, -0.15) is 0 Å². The Balaban J connectivity index is 2.25. The van der Waals surface area contributed by atoms with E-state index >= 15 is 0 Å². The van der Waals surface area contributed by atoms with E-state index in [2.05, 4.69) is 5.32 Å². The van der Waals surface area contributed by atoms with Gasteiger partial charge in [-0.3, -0.25) is 4.79 Å². The SMILES string of the molecule is Cc1ccc(NC(=O)c2ccc(C)cc2F)c(O)c1. The third kappa shape index (κ3) is 2.91. The lowest BCUT2D eigenvalue weighted by Gasteiger charge is -2.09. The molecule has 0 fully saturated rings. The van der Waals surface area contributed by atoms with Crippen LogP contribution < -0.4 is 5.32 Å². The Hall–Kier alpha value is -2.36. The average molecular weight is 259 g/mol. The molecule has 2 aromatic rings. The van der Waals surface area contributed by atoms with Crippen LogP contribution in [0, 0.1) is 19.7 Å². The molecule has 3 nitrogen and oxygen atoms in total. The number of anilines is 1. The number of phenolic OH excluding ortho intramolecular Hbond substituents is 1. The lowest BCUT2D eigenvalue weighted by molar-refractivity contribution is 0.102. The minimum atomic E-state index is -0.586. The molecule has 0 aliphatic carbocycles. The standard InChI is InChI=1S/C15H14FNO2/c1-9-3-5-11(12(16)7-9)15(19)17-13-6-4-10(2)8-14(13)18/h3-8,18H,1-2H3,(H,17,19). The van der Waals surface area contributed by atoms with Gasteiger partial charge >= 0.3 is 0 Å². The molecule has 2 rings (SSSR count). The van der Waals surface area contributed by atoms with Crippen LogP contribution in [0.2, 0.25) is 0 Å².